The van der Waals surface area contributed by atoms with Crippen LogP contribution in [0.1, 0.15) is 29.6 Å². The quantitative estimate of drug-likeness (QED) is 0.361. The van der Waals surface area contributed by atoms with Crippen LogP contribution in [0.15, 0.2) is 30.3 Å². The van der Waals surface area contributed by atoms with Gasteiger partial charge in [-0.1, -0.05) is 18.2 Å². The minimum Gasteiger partial charge on any atom is -0.352 e. The number of rotatable bonds is 9. The Morgan fingerprint density at radius 3 is 2.48 bits per heavy atom. The molecule has 0 aromatic heterocycles. The average molecular weight is 293 g/mol. The molecule has 0 radical (unpaired) electrons. The lowest BCUT2D eigenvalue weighted by Gasteiger charge is -2.16. The van der Waals surface area contributed by atoms with Gasteiger partial charge >= 0.3 is 0 Å². The summed E-state index contributed by atoms with van der Waals surface area (Å²) in [4.78, 5) is 24.7. The number of hydrogen-bond donors (Lipinski definition) is 3. The molecule has 0 saturated heterocycles. The minimum absolute atomic E-state index is 0.0575. The summed E-state index contributed by atoms with van der Waals surface area (Å²) in [6, 6.07) is 9.13. The molecule has 1 aromatic rings. The molecule has 0 atom stereocenters. The lowest BCUT2D eigenvalue weighted by Crippen LogP contribution is -2.29. The third kappa shape index (κ3) is 7.43. The molecule has 0 heterocycles. The summed E-state index contributed by atoms with van der Waals surface area (Å²) in [5, 5.41) is 11.2. The van der Waals surface area contributed by atoms with Crippen molar-refractivity contribution >= 4 is 11.8 Å². The summed E-state index contributed by atoms with van der Waals surface area (Å²) >= 11 is 0. The van der Waals surface area contributed by atoms with Gasteiger partial charge in [-0.2, -0.15) is 0 Å². The van der Waals surface area contributed by atoms with Crippen LogP contribution in [0.2, 0.25) is 0 Å². The highest BCUT2D eigenvalue weighted by molar-refractivity contribution is 5.94. The van der Waals surface area contributed by atoms with E-state index >= 15 is 0 Å². The van der Waals surface area contributed by atoms with Crippen molar-refractivity contribution in [3.05, 3.63) is 35.9 Å². The number of hydroxylamine groups is 1. The molecule has 21 heavy (non-hydrogen) atoms. The number of hydrogen-bond acceptors (Lipinski definition) is 4. The second-order valence-corrected chi connectivity index (χ2v) is 4.92. The number of carbonyl (C=O) groups excluding carboxylic acids is 2. The van der Waals surface area contributed by atoms with Crippen LogP contribution in [0.3, 0.4) is 0 Å². The van der Waals surface area contributed by atoms with E-state index in [1.54, 1.807) is 17.6 Å². The lowest BCUT2D eigenvalue weighted by atomic mass is 10.2. The Labute approximate surface area is 125 Å². The molecule has 116 valence electrons. The summed E-state index contributed by atoms with van der Waals surface area (Å²) in [5.41, 5.74) is 2.28. The summed E-state index contributed by atoms with van der Waals surface area (Å²) in [5.74, 6) is -0.420. The summed E-state index contributed by atoms with van der Waals surface area (Å²) in [7, 11) is 1.97. The smallest absolute Gasteiger partial charge is 0.251 e. The highest BCUT2D eigenvalue weighted by atomic mass is 16.5. The molecule has 6 nitrogen and oxygen atoms in total. The van der Waals surface area contributed by atoms with Gasteiger partial charge in [-0.3, -0.25) is 14.8 Å². The SMILES string of the molecule is CN(CCCNC(=O)c1ccccc1)CCCC(=O)NO. The van der Waals surface area contributed by atoms with E-state index in [4.69, 9.17) is 5.21 Å². The molecule has 0 unspecified atom stereocenters. The van der Waals surface area contributed by atoms with E-state index < -0.39 is 0 Å². The van der Waals surface area contributed by atoms with Gasteiger partial charge < -0.3 is 10.2 Å². The highest BCUT2D eigenvalue weighted by Crippen LogP contribution is 1.98. The largest absolute Gasteiger partial charge is 0.352 e. The van der Waals surface area contributed by atoms with Crippen molar-refractivity contribution in [2.45, 2.75) is 19.3 Å². The van der Waals surface area contributed by atoms with Crippen LogP contribution in [-0.2, 0) is 4.79 Å². The van der Waals surface area contributed by atoms with Gasteiger partial charge in [0, 0.05) is 18.5 Å². The Bertz CT molecular complexity index is 437. The molecule has 0 bridgehead atoms. The van der Waals surface area contributed by atoms with E-state index in [2.05, 4.69) is 10.2 Å². The van der Waals surface area contributed by atoms with Crippen LogP contribution in [-0.4, -0.2) is 48.6 Å². The van der Waals surface area contributed by atoms with E-state index in [9.17, 15) is 9.59 Å². The van der Waals surface area contributed by atoms with Crippen LogP contribution in [0.5, 0.6) is 0 Å². The van der Waals surface area contributed by atoms with Gasteiger partial charge in [-0.15, -0.1) is 0 Å². The maximum Gasteiger partial charge on any atom is 0.251 e. The third-order valence-electron chi connectivity index (χ3n) is 3.11. The van der Waals surface area contributed by atoms with Crippen molar-refractivity contribution in [1.29, 1.82) is 0 Å². The van der Waals surface area contributed by atoms with Gasteiger partial charge in [0.25, 0.3) is 5.91 Å². The van der Waals surface area contributed by atoms with Crippen LogP contribution < -0.4 is 10.8 Å². The van der Waals surface area contributed by atoms with Crippen molar-refractivity contribution in [3.63, 3.8) is 0 Å². The molecular weight excluding hydrogens is 270 g/mol. The second kappa shape index (κ2) is 9.90. The molecule has 6 heteroatoms. The van der Waals surface area contributed by atoms with E-state index in [-0.39, 0.29) is 11.8 Å². The first kappa shape index (κ1) is 17.1. The molecule has 1 aromatic carbocycles. The highest BCUT2D eigenvalue weighted by Gasteiger charge is 2.04. The van der Waals surface area contributed by atoms with Crippen LogP contribution in [0.4, 0.5) is 0 Å². The fraction of sp³-hybridized carbons (Fsp3) is 0.467. The van der Waals surface area contributed by atoms with Gasteiger partial charge in [-0.25, -0.2) is 5.48 Å². The molecule has 0 fully saturated rings. The zero-order valence-electron chi connectivity index (χ0n) is 12.3. The topological polar surface area (TPSA) is 81.7 Å². The third-order valence-corrected chi connectivity index (χ3v) is 3.11. The predicted octanol–water partition coefficient (Wildman–Crippen LogP) is 1.02. The number of carbonyl (C=O) groups is 2. The van der Waals surface area contributed by atoms with E-state index in [0.717, 1.165) is 19.5 Å². The number of benzene rings is 1. The molecule has 0 spiro atoms. The Morgan fingerprint density at radius 1 is 1.14 bits per heavy atom. The van der Waals surface area contributed by atoms with Crippen LogP contribution in [0.25, 0.3) is 0 Å². The first-order valence-corrected chi connectivity index (χ1v) is 7.08. The van der Waals surface area contributed by atoms with Crippen LogP contribution in [0, 0.1) is 0 Å². The molecule has 1 rings (SSSR count). The van der Waals surface area contributed by atoms with Gasteiger partial charge in [0.2, 0.25) is 5.91 Å². The van der Waals surface area contributed by atoms with Gasteiger partial charge in [-0.05, 0) is 45.1 Å². The average Bonchev–Trinajstić information content (AvgIpc) is 2.52. The Hall–Kier alpha value is -1.92. The Balaban J connectivity index is 2.08. The molecule has 0 aliphatic rings. The van der Waals surface area contributed by atoms with Gasteiger partial charge in [0.1, 0.15) is 0 Å². The van der Waals surface area contributed by atoms with Crippen molar-refractivity contribution < 1.29 is 14.8 Å². The molecule has 0 saturated carbocycles. The fourth-order valence-corrected chi connectivity index (χ4v) is 1.92. The van der Waals surface area contributed by atoms with E-state index in [1.807, 2.05) is 25.2 Å². The predicted molar refractivity (Wildman–Crippen MR) is 80.1 cm³/mol. The Morgan fingerprint density at radius 2 is 1.81 bits per heavy atom. The van der Waals surface area contributed by atoms with Crippen molar-refractivity contribution in [2.24, 2.45) is 0 Å². The number of amides is 2. The van der Waals surface area contributed by atoms with Crippen molar-refractivity contribution in [3.8, 4) is 0 Å². The number of nitrogens with zero attached hydrogens (tertiary/aromatic N) is 1. The monoisotopic (exact) mass is 293 g/mol. The molecule has 3 N–H and O–H groups in total. The van der Waals surface area contributed by atoms with Gasteiger partial charge in [0.05, 0.1) is 0 Å². The zero-order valence-corrected chi connectivity index (χ0v) is 12.3. The van der Waals surface area contributed by atoms with Crippen molar-refractivity contribution in [1.82, 2.24) is 15.7 Å². The van der Waals surface area contributed by atoms with E-state index in [1.165, 1.54) is 0 Å². The lowest BCUT2D eigenvalue weighted by molar-refractivity contribution is -0.129. The summed E-state index contributed by atoms with van der Waals surface area (Å²) < 4.78 is 0. The minimum atomic E-state index is -0.362. The van der Waals surface area contributed by atoms with E-state index in [0.29, 0.717) is 24.9 Å². The first-order valence-electron chi connectivity index (χ1n) is 7.08. The van der Waals surface area contributed by atoms with Crippen LogP contribution >= 0.6 is 0 Å². The zero-order chi connectivity index (χ0) is 15.5. The molecule has 2 amide bonds. The van der Waals surface area contributed by atoms with Gasteiger partial charge in [0.15, 0.2) is 0 Å². The normalized spacial score (nSPS) is 10.4. The Kier molecular flexibility index (Phi) is 8.08. The number of nitrogens with one attached hydrogen (secondary N) is 2. The molecular formula is C15H23N3O3. The standard InChI is InChI=1S/C15H23N3O3/c1-18(11-5-9-14(19)17-21)12-6-10-16-15(20)13-7-3-2-4-8-13/h2-4,7-8,21H,5-6,9-12H2,1H3,(H,16,20)(H,17,19). The fourth-order valence-electron chi connectivity index (χ4n) is 1.92. The maximum atomic E-state index is 11.8. The first-order chi connectivity index (χ1) is 10.1. The molecule has 0 aliphatic carbocycles. The van der Waals surface area contributed by atoms with Crippen molar-refractivity contribution in [2.75, 3.05) is 26.7 Å². The maximum absolute atomic E-state index is 11.8. The summed E-state index contributed by atoms with van der Waals surface area (Å²) in [6.45, 7) is 2.24. The molecule has 0 aliphatic heterocycles. The second-order valence-electron chi connectivity index (χ2n) is 4.92. The summed E-state index contributed by atoms with van der Waals surface area (Å²) in [6.07, 6.45) is 1.85.